The van der Waals surface area contributed by atoms with Crippen molar-refractivity contribution in [2.75, 3.05) is 76.3 Å². The quantitative estimate of drug-likeness (QED) is 0.299. The number of hydrogen-bond acceptors (Lipinski definition) is 9. The molecule has 3 fully saturated rings. The number of likely N-dealkylation sites (tertiary alicyclic amines) is 2. The Bertz CT molecular complexity index is 1750. The number of piperazine rings is 1. The van der Waals surface area contributed by atoms with Gasteiger partial charge in [0.25, 0.3) is 0 Å². The van der Waals surface area contributed by atoms with Gasteiger partial charge in [-0.2, -0.15) is 15.2 Å². The highest BCUT2D eigenvalue weighted by atomic mass is 35.5. The molecular formula is C38H47ClN8O2. The number of benzene rings is 2. The van der Waals surface area contributed by atoms with Crippen molar-refractivity contribution in [1.82, 2.24) is 24.7 Å². The molecule has 0 N–H and O–H groups in total. The van der Waals surface area contributed by atoms with E-state index in [2.05, 4.69) is 70.6 Å². The zero-order valence-corrected chi connectivity index (χ0v) is 29.5. The zero-order chi connectivity index (χ0) is 34.1. The number of halogens is 1. The highest BCUT2D eigenvalue weighted by molar-refractivity contribution is 6.36. The van der Waals surface area contributed by atoms with Crippen LogP contribution in [-0.2, 0) is 17.8 Å². The molecule has 1 aromatic heterocycles. The van der Waals surface area contributed by atoms with Crippen molar-refractivity contribution in [1.29, 1.82) is 5.26 Å². The average Bonchev–Trinajstić information content (AvgIpc) is 3.54. The number of piperidine rings is 1. The third-order valence-corrected chi connectivity index (χ3v) is 11.4. The summed E-state index contributed by atoms with van der Waals surface area (Å²) < 4.78 is 6.37. The van der Waals surface area contributed by atoms with E-state index in [1.165, 1.54) is 0 Å². The SMILES string of the molecule is C=C(C(=O)N1CCN(c2nc(OC[C@@H]3CCCN3C)nc3c2CCN(c2cccc4cccc(Cl)c24)C3)C[C@@H]1CC#N)C1CCN(C)CC1. The molecule has 0 spiro atoms. The van der Waals surface area contributed by atoms with Crippen molar-refractivity contribution in [3.63, 3.8) is 0 Å². The number of nitrogens with zero attached hydrogens (tertiary/aromatic N) is 8. The number of amides is 1. The Morgan fingerprint density at radius 1 is 1.00 bits per heavy atom. The molecule has 258 valence electrons. The second-order valence-corrected chi connectivity index (χ2v) is 14.6. The maximum atomic E-state index is 13.8. The lowest BCUT2D eigenvalue weighted by Gasteiger charge is -2.43. The van der Waals surface area contributed by atoms with Crippen molar-refractivity contribution >= 4 is 39.8 Å². The van der Waals surface area contributed by atoms with Crippen molar-refractivity contribution in [2.24, 2.45) is 5.92 Å². The van der Waals surface area contributed by atoms with Crippen LogP contribution in [0.4, 0.5) is 11.5 Å². The Labute approximate surface area is 294 Å². The van der Waals surface area contributed by atoms with Gasteiger partial charge in [-0.05, 0) is 89.3 Å². The molecule has 0 saturated carbocycles. The number of aromatic nitrogens is 2. The van der Waals surface area contributed by atoms with Crippen LogP contribution in [0.3, 0.4) is 0 Å². The molecule has 11 heteroatoms. The third kappa shape index (κ3) is 6.94. The molecular weight excluding hydrogens is 636 g/mol. The number of likely N-dealkylation sites (N-methyl/N-ethyl adjacent to an activating group) is 1. The van der Waals surface area contributed by atoms with Crippen LogP contribution in [0.15, 0.2) is 48.6 Å². The summed E-state index contributed by atoms with van der Waals surface area (Å²) in [6.45, 7) is 10.9. The number of anilines is 2. The van der Waals surface area contributed by atoms with Gasteiger partial charge in [-0.3, -0.25) is 4.79 Å². The number of rotatable bonds is 8. The van der Waals surface area contributed by atoms with Gasteiger partial charge in [-0.15, -0.1) is 0 Å². The standard InChI is InChI=1S/C38H47ClN8O2/c1-26(27-13-18-43(2)19-14-27)37(48)47-22-21-46(23-29(47)12-16-40)36-31-15-20-45(34-11-5-8-28-7-4-10-32(39)35(28)34)24-33(31)41-38(42-36)49-25-30-9-6-17-44(30)3/h4-5,7-8,10-11,27,29-30H,1,6,9,12-15,17-25H2,2-3H3/t29-,30-/m0/s1. The van der Waals surface area contributed by atoms with Crippen molar-refractivity contribution in [3.8, 4) is 12.1 Å². The van der Waals surface area contributed by atoms with E-state index in [1.54, 1.807) is 0 Å². The molecule has 2 aromatic carbocycles. The van der Waals surface area contributed by atoms with Gasteiger partial charge in [0.2, 0.25) is 5.91 Å². The number of carbonyl (C=O) groups excluding carboxylic acids is 1. The lowest BCUT2D eigenvalue weighted by Crippen LogP contribution is -2.56. The number of carbonyl (C=O) groups is 1. The van der Waals surface area contributed by atoms with Gasteiger partial charge in [0, 0.05) is 54.4 Å². The number of ether oxygens (including phenoxy) is 1. The lowest BCUT2D eigenvalue weighted by atomic mass is 9.89. The first-order valence-electron chi connectivity index (χ1n) is 17.8. The molecule has 5 heterocycles. The van der Waals surface area contributed by atoms with E-state index in [9.17, 15) is 10.1 Å². The first kappa shape index (κ1) is 33.6. The van der Waals surface area contributed by atoms with E-state index in [-0.39, 0.29) is 24.3 Å². The summed E-state index contributed by atoms with van der Waals surface area (Å²) in [4.78, 5) is 35.1. The van der Waals surface area contributed by atoms with Gasteiger partial charge in [0.15, 0.2) is 0 Å². The second-order valence-electron chi connectivity index (χ2n) is 14.2. The topological polar surface area (TPSA) is 92.1 Å². The first-order valence-corrected chi connectivity index (χ1v) is 18.1. The van der Waals surface area contributed by atoms with Crippen molar-refractivity contribution in [2.45, 2.75) is 57.2 Å². The van der Waals surface area contributed by atoms with Gasteiger partial charge >= 0.3 is 6.01 Å². The molecule has 0 unspecified atom stereocenters. The molecule has 49 heavy (non-hydrogen) atoms. The predicted molar refractivity (Wildman–Crippen MR) is 194 cm³/mol. The van der Waals surface area contributed by atoms with E-state index >= 15 is 0 Å². The van der Waals surface area contributed by atoms with Gasteiger partial charge in [0.05, 0.1) is 35.8 Å². The molecule has 0 radical (unpaired) electrons. The van der Waals surface area contributed by atoms with Gasteiger partial charge in [-0.1, -0.05) is 42.4 Å². The van der Waals surface area contributed by atoms with Crippen LogP contribution in [0.5, 0.6) is 6.01 Å². The average molecular weight is 683 g/mol. The summed E-state index contributed by atoms with van der Waals surface area (Å²) in [5, 5.41) is 12.8. The van der Waals surface area contributed by atoms with Crippen LogP contribution in [0.1, 0.15) is 43.4 Å². The molecule has 0 bridgehead atoms. The predicted octanol–water partition coefficient (Wildman–Crippen LogP) is 5.15. The van der Waals surface area contributed by atoms with Gasteiger partial charge < -0.3 is 29.2 Å². The molecule has 1 amide bonds. The van der Waals surface area contributed by atoms with Gasteiger partial charge in [-0.25, -0.2) is 0 Å². The van der Waals surface area contributed by atoms with E-state index < -0.39 is 0 Å². The van der Waals surface area contributed by atoms with Crippen LogP contribution >= 0.6 is 11.6 Å². The summed E-state index contributed by atoms with van der Waals surface area (Å²) in [6.07, 6.45) is 5.15. The minimum absolute atomic E-state index is 0.00624. The largest absolute Gasteiger partial charge is 0.462 e. The number of fused-ring (bicyclic) bond motifs is 2. The smallest absolute Gasteiger partial charge is 0.318 e. The van der Waals surface area contributed by atoms with Crippen LogP contribution < -0.4 is 14.5 Å². The van der Waals surface area contributed by atoms with E-state index in [0.717, 1.165) is 96.8 Å². The molecule has 7 rings (SSSR count). The maximum Gasteiger partial charge on any atom is 0.318 e. The Morgan fingerprint density at radius 2 is 1.80 bits per heavy atom. The lowest BCUT2D eigenvalue weighted by molar-refractivity contribution is -0.130. The summed E-state index contributed by atoms with van der Waals surface area (Å²) >= 11 is 6.75. The van der Waals surface area contributed by atoms with Gasteiger partial charge in [0.1, 0.15) is 12.4 Å². The van der Waals surface area contributed by atoms with Crippen LogP contribution in [0, 0.1) is 17.2 Å². The molecule has 4 aliphatic rings. The van der Waals surface area contributed by atoms with Crippen molar-refractivity contribution in [3.05, 3.63) is 64.8 Å². The molecule has 0 aliphatic carbocycles. The van der Waals surface area contributed by atoms with Crippen LogP contribution in [0.2, 0.25) is 5.02 Å². The normalized spacial score (nSPS) is 22.3. The van der Waals surface area contributed by atoms with E-state index in [1.807, 2.05) is 17.0 Å². The zero-order valence-electron chi connectivity index (χ0n) is 28.8. The third-order valence-electron chi connectivity index (χ3n) is 11.1. The minimum atomic E-state index is -0.255. The Hall–Kier alpha value is -3.91. The van der Waals surface area contributed by atoms with Crippen LogP contribution in [-0.4, -0.2) is 109 Å². The van der Waals surface area contributed by atoms with E-state index in [4.69, 9.17) is 26.3 Å². The summed E-state index contributed by atoms with van der Waals surface area (Å²) in [5.41, 5.74) is 3.83. The Morgan fingerprint density at radius 3 is 2.55 bits per heavy atom. The number of hydrogen-bond donors (Lipinski definition) is 0. The molecule has 2 atom stereocenters. The Balaban J connectivity index is 1.16. The summed E-state index contributed by atoms with van der Waals surface area (Å²) in [5.74, 6) is 1.05. The summed E-state index contributed by atoms with van der Waals surface area (Å²) in [7, 11) is 4.26. The van der Waals surface area contributed by atoms with Crippen molar-refractivity contribution < 1.29 is 9.53 Å². The fraction of sp³-hybridized carbons (Fsp3) is 0.526. The fourth-order valence-corrected chi connectivity index (χ4v) is 8.41. The first-order chi connectivity index (χ1) is 23.8. The molecule has 10 nitrogen and oxygen atoms in total. The van der Waals surface area contributed by atoms with Crippen LogP contribution in [0.25, 0.3) is 10.8 Å². The number of nitriles is 1. The molecule has 3 saturated heterocycles. The minimum Gasteiger partial charge on any atom is -0.462 e. The second kappa shape index (κ2) is 14.5. The maximum absolute atomic E-state index is 13.8. The monoisotopic (exact) mass is 682 g/mol. The molecule has 3 aromatic rings. The fourth-order valence-electron chi connectivity index (χ4n) is 8.13. The Kier molecular flexibility index (Phi) is 9.95. The highest BCUT2D eigenvalue weighted by Crippen LogP contribution is 2.38. The summed E-state index contributed by atoms with van der Waals surface area (Å²) in [6, 6.07) is 15.2. The highest BCUT2D eigenvalue weighted by Gasteiger charge is 2.36. The van der Waals surface area contributed by atoms with E-state index in [0.29, 0.717) is 50.4 Å². The molecule has 4 aliphatic heterocycles.